The van der Waals surface area contributed by atoms with Crippen LogP contribution in [-0.4, -0.2) is 282 Å². The lowest BCUT2D eigenvalue weighted by Gasteiger charge is -2.43. The van der Waals surface area contributed by atoms with Crippen LogP contribution in [0.1, 0.15) is 93.6 Å². The fraction of sp³-hybridized carbons (Fsp3) is 0.465. The maximum atomic E-state index is 13.9. The summed E-state index contributed by atoms with van der Waals surface area (Å²) < 4.78 is 66.6. The van der Waals surface area contributed by atoms with Crippen LogP contribution in [0.3, 0.4) is 0 Å². The van der Waals surface area contributed by atoms with Crippen LogP contribution in [0.5, 0.6) is 18.0 Å². The molecule has 0 spiro atoms. The molecule has 19 rings (SSSR count). The Morgan fingerprint density at radius 3 is 1.17 bits per heavy atom. The average Bonchev–Trinajstić information content (AvgIpc) is 1.21. The standard InChI is InChI=1S/C34H39ClFN7O3.C34H37ClFN7O2.C33H37ClFN7O2/c1-22(2)40-15-16-45-26(19-40)21-46-34-38-29-20-41(30-10-6-8-24-7-5-9-28(35)31(24)30)12-11-27(29)32(39-34)42-13-14-43(33(44)23(3)36)25(18-42)17-37-4;1-23(36)32(44)43-18-17-41(20-25(43)19-37-2)31-26-11-16-40(29-10-4-8-24-7-3-9-27(35)30(24)29)21-28(26)38-33(39-31)45-22-34-12-5-14-42(34)15-6-13-34;1-21(2)41-14-11-24(41)20-44-33-37-28-19-39(29-10-6-8-23-7-5-9-27(34)30(23)29)13-12-26(28)31(38-33)40-15-16-42(32(43)22(3)35)25(18-40)17-36-4/h5-10,22,25-26H,3,11-21H2,1-2H3;3-4,7-10,25H,1,5-6,11-22H2;5-10,21,24-25H,3,11-20H2,1-2H3/t25-,26?;25-;24?,25-/m000/s1. The summed E-state index contributed by atoms with van der Waals surface area (Å²) in [5.74, 6) is -3.05. The molecule has 34 heteroatoms. The first-order valence-corrected chi connectivity index (χ1v) is 47.9. The first-order chi connectivity index (χ1) is 65.3. The topological polar surface area (TPSA) is 217 Å². The molecule has 28 nitrogen and oxygen atoms in total. The van der Waals surface area contributed by atoms with Crippen LogP contribution < -0.4 is 43.6 Å². The molecule has 0 N–H and O–H groups in total. The fourth-order valence-corrected chi connectivity index (χ4v) is 22.0. The van der Waals surface area contributed by atoms with Crippen LogP contribution in [0.2, 0.25) is 15.1 Å². The summed E-state index contributed by atoms with van der Waals surface area (Å²) in [7, 11) is 0. The van der Waals surface area contributed by atoms with Crippen LogP contribution in [0.15, 0.2) is 146 Å². The Hall–Kier alpha value is -11.9. The van der Waals surface area contributed by atoms with Gasteiger partial charge in [-0.2, -0.15) is 29.9 Å². The van der Waals surface area contributed by atoms with Gasteiger partial charge in [-0.05, 0) is 145 Å². The number of ether oxygens (including phenoxy) is 4. The molecule has 2 unspecified atom stereocenters. The molecule has 0 bridgehead atoms. The molecule has 13 heterocycles. The summed E-state index contributed by atoms with van der Waals surface area (Å²) in [6.07, 6.45) is 7.64. The van der Waals surface area contributed by atoms with Gasteiger partial charge in [-0.15, -0.1) is 0 Å². The van der Waals surface area contributed by atoms with E-state index in [0.29, 0.717) is 150 Å². The van der Waals surface area contributed by atoms with Gasteiger partial charge < -0.3 is 77.6 Å². The van der Waals surface area contributed by atoms with Crippen molar-refractivity contribution in [2.24, 2.45) is 0 Å². The molecule has 10 aliphatic heterocycles. The van der Waals surface area contributed by atoms with Crippen molar-refractivity contribution < 1.29 is 46.5 Å². The van der Waals surface area contributed by atoms with Gasteiger partial charge in [-0.25, -0.2) is 32.9 Å². The average molecular weight is 1900 g/mol. The normalized spacial score (nSPS) is 20.6. The number of carbonyl (C=O) groups is 3. The van der Waals surface area contributed by atoms with Crippen LogP contribution in [0, 0.1) is 19.7 Å². The van der Waals surface area contributed by atoms with Crippen LogP contribution in [0.25, 0.3) is 46.9 Å². The quantitative estimate of drug-likeness (QED) is 0.0429. The van der Waals surface area contributed by atoms with E-state index in [2.05, 4.69) is 167 Å². The van der Waals surface area contributed by atoms with Crippen molar-refractivity contribution in [2.75, 3.05) is 187 Å². The Labute approximate surface area is 801 Å². The number of likely N-dealkylation sites (tertiary alicyclic amines) is 1. The molecule has 5 atom stereocenters. The monoisotopic (exact) mass is 1890 g/mol. The number of hydrogen-bond acceptors (Lipinski definition) is 22. The minimum Gasteiger partial charge on any atom is -0.462 e. The van der Waals surface area contributed by atoms with E-state index in [4.69, 9.17) is 103 Å². The maximum absolute atomic E-state index is 13.9. The number of aromatic nitrogens is 6. The van der Waals surface area contributed by atoms with Gasteiger partial charge in [0, 0.05) is 166 Å². The van der Waals surface area contributed by atoms with Gasteiger partial charge in [0.1, 0.15) is 61.5 Å². The highest BCUT2D eigenvalue weighted by atomic mass is 35.5. The number of fused-ring (bicyclic) bond motifs is 7. The van der Waals surface area contributed by atoms with E-state index in [9.17, 15) is 27.6 Å². The molecule has 0 saturated carbocycles. The minimum absolute atomic E-state index is 0.0483. The lowest BCUT2D eigenvalue weighted by molar-refractivity contribution is -0.131. The Kier molecular flexibility index (Phi) is 29.4. The van der Waals surface area contributed by atoms with Crippen molar-refractivity contribution in [3.05, 3.63) is 230 Å². The molecule has 10 aliphatic rings. The van der Waals surface area contributed by atoms with Crippen molar-refractivity contribution >= 4 is 119 Å². The van der Waals surface area contributed by atoms with Crippen LogP contribution in [0.4, 0.5) is 47.7 Å². The Bertz CT molecular complexity index is 6110. The van der Waals surface area contributed by atoms with Gasteiger partial charge in [0.15, 0.2) is 17.5 Å². The highest BCUT2D eigenvalue weighted by molar-refractivity contribution is 6.37. The number of amides is 3. The molecule has 3 aromatic heterocycles. The third-order valence-electron chi connectivity index (χ3n) is 28.2. The predicted molar refractivity (Wildman–Crippen MR) is 521 cm³/mol. The second-order valence-electron chi connectivity index (χ2n) is 36.8. The second-order valence-corrected chi connectivity index (χ2v) is 38.1. The number of carbonyl (C=O) groups excluding carboxylic acids is 3. The number of benzene rings is 6. The zero-order valence-corrected chi connectivity index (χ0v) is 79.1. The van der Waals surface area contributed by atoms with E-state index in [1.54, 1.807) is 0 Å². The summed E-state index contributed by atoms with van der Waals surface area (Å²) in [5, 5.41) is 8.40. The van der Waals surface area contributed by atoms with Gasteiger partial charge >= 0.3 is 18.0 Å². The third kappa shape index (κ3) is 20.4. The molecule has 7 saturated heterocycles. The Morgan fingerprint density at radius 1 is 0.452 bits per heavy atom. The molecule has 706 valence electrons. The molecule has 0 aliphatic carbocycles. The zero-order valence-electron chi connectivity index (χ0n) is 76.8. The number of halogens is 6. The van der Waals surface area contributed by atoms with E-state index < -0.39 is 53.3 Å². The van der Waals surface area contributed by atoms with E-state index in [1.165, 1.54) is 27.5 Å². The predicted octanol–water partition coefficient (Wildman–Crippen LogP) is 15.2. The molecule has 135 heavy (non-hydrogen) atoms. The SMILES string of the molecule is [C-]#[N+]C[C@H]1CN(c2nc(OCC34CCCN3CCC4)nc3c2CCN(c2cccc4cccc(Cl)c24)C3)CCN1C(=O)C(=C)F.[C-]#[N+]C[C@H]1CN(c2nc(OCC3CCN3C(C)C)nc3c2CCN(c2cccc4cccc(Cl)c24)C3)CCN1C(=O)C(=C)F.[C-]#[N+]C[C@H]1CN(c2nc(OCC3CN(C(C)C)CCO3)nc3c2CCN(c2cccc4cccc(Cl)c24)C3)CCN1C(=O)C(=C)F. The Balaban J connectivity index is 0.000000141. The number of piperazine rings is 3. The van der Waals surface area contributed by atoms with Crippen molar-refractivity contribution in [1.29, 1.82) is 0 Å². The highest BCUT2D eigenvalue weighted by Gasteiger charge is 2.47. The summed E-state index contributed by atoms with van der Waals surface area (Å²) in [6, 6.07) is 37.1. The number of rotatable bonds is 23. The lowest BCUT2D eigenvalue weighted by Crippen LogP contribution is -2.57. The molecular weight excluding hydrogens is 1780 g/mol. The minimum atomic E-state index is -1.02. The van der Waals surface area contributed by atoms with E-state index >= 15 is 0 Å². The molecule has 7 fully saturated rings. The van der Waals surface area contributed by atoms with E-state index in [0.717, 1.165) is 172 Å². The number of morpholine rings is 1. The molecule has 0 radical (unpaired) electrons. The maximum Gasteiger partial charge on any atom is 0.318 e. The van der Waals surface area contributed by atoms with Crippen molar-refractivity contribution in [3.8, 4) is 18.0 Å². The first-order valence-electron chi connectivity index (χ1n) is 46.8. The lowest BCUT2D eigenvalue weighted by atomic mass is 9.95. The Morgan fingerprint density at radius 2 is 0.822 bits per heavy atom. The number of anilines is 6. The zero-order chi connectivity index (χ0) is 94.5. The van der Waals surface area contributed by atoms with Gasteiger partial charge in [0.25, 0.3) is 17.7 Å². The van der Waals surface area contributed by atoms with E-state index in [-0.39, 0.29) is 56.9 Å². The number of hydrogen-bond donors (Lipinski definition) is 0. The van der Waals surface area contributed by atoms with Crippen LogP contribution >= 0.6 is 34.8 Å². The molecule has 3 amide bonds. The van der Waals surface area contributed by atoms with Gasteiger partial charge in [0.05, 0.1) is 63.9 Å². The summed E-state index contributed by atoms with van der Waals surface area (Å²) >= 11 is 20.1. The largest absolute Gasteiger partial charge is 0.462 e. The van der Waals surface area contributed by atoms with Crippen molar-refractivity contribution in [1.82, 2.24) is 59.3 Å². The van der Waals surface area contributed by atoms with Crippen LogP contribution in [-0.2, 0) is 58.0 Å². The van der Waals surface area contributed by atoms with Gasteiger partial charge in [-0.3, -0.25) is 29.1 Å². The highest BCUT2D eigenvalue weighted by Crippen LogP contribution is 2.45. The van der Waals surface area contributed by atoms with E-state index in [1.807, 2.05) is 48.5 Å². The number of nitrogens with zero attached hydrogens (tertiary/aromatic N) is 21. The van der Waals surface area contributed by atoms with Gasteiger partial charge in [-0.1, -0.05) is 127 Å². The molecular formula is C101H113Cl3F3N21O7. The molecule has 6 aromatic carbocycles. The first kappa shape index (κ1) is 94.9. The smallest absolute Gasteiger partial charge is 0.318 e. The van der Waals surface area contributed by atoms with Gasteiger partial charge in [0.2, 0.25) is 19.6 Å². The fourth-order valence-electron chi connectivity index (χ4n) is 21.2. The molecule has 9 aromatic rings. The summed E-state index contributed by atoms with van der Waals surface area (Å²) in [4.78, 5) is 103. The van der Waals surface area contributed by atoms with Crippen molar-refractivity contribution in [3.63, 3.8) is 0 Å². The second kappa shape index (κ2) is 41.8. The third-order valence-corrected chi connectivity index (χ3v) is 29.1. The summed E-state index contributed by atoms with van der Waals surface area (Å²) in [5.41, 5.74) is 8.91. The summed E-state index contributed by atoms with van der Waals surface area (Å²) in [6.45, 7) is 54.9. The van der Waals surface area contributed by atoms with Crippen molar-refractivity contribution in [2.45, 2.75) is 147 Å².